The van der Waals surface area contributed by atoms with Crippen LogP contribution in [-0.2, 0) is 34.9 Å². The van der Waals surface area contributed by atoms with Gasteiger partial charge in [-0.25, -0.2) is 9.18 Å². The molecular weight excluding hydrogens is 563 g/mol. The van der Waals surface area contributed by atoms with Gasteiger partial charge >= 0.3 is 11.8 Å². The largest absolute Gasteiger partial charge is 0.477 e. The molecule has 4 fully saturated rings. The van der Waals surface area contributed by atoms with Gasteiger partial charge in [0.1, 0.15) is 18.0 Å². The Balaban J connectivity index is 0.000000153. The Morgan fingerprint density at radius 2 is 1.76 bits per heavy atom. The first-order valence-corrected chi connectivity index (χ1v) is 15.3. The molecule has 0 aliphatic carbocycles. The predicted octanol–water partition coefficient (Wildman–Crippen LogP) is 4.26. The van der Waals surface area contributed by atoms with Crippen LogP contribution in [0.2, 0.25) is 0 Å². The Labute approximate surface area is 250 Å². The van der Waals surface area contributed by atoms with Crippen LogP contribution in [0.4, 0.5) is 4.39 Å². The van der Waals surface area contributed by atoms with Gasteiger partial charge in [-0.2, -0.15) is 0 Å². The minimum Gasteiger partial charge on any atom is -0.477 e. The van der Waals surface area contributed by atoms with E-state index in [9.17, 15) is 14.3 Å². The summed E-state index contributed by atoms with van der Waals surface area (Å²) in [7, 11) is 0. The zero-order valence-electron chi connectivity index (χ0n) is 24.6. The molecule has 2 N–H and O–H groups in total. The highest BCUT2D eigenvalue weighted by molar-refractivity contribution is 7.99. The summed E-state index contributed by atoms with van der Waals surface area (Å²) in [5.41, 5.74) is 3.82. The van der Waals surface area contributed by atoms with Gasteiger partial charge in [-0.3, -0.25) is 4.90 Å². The molecule has 2 aromatic carbocycles. The van der Waals surface area contributed by atoms with Gasteiger partial charge in [0.2, 0.25) is 0 Å². The van der Waals surface area contributed by atoms with Crippen molar-refractivity contribution < 1.29 is 38.0 Å². The summed E-state index contributed by atoms with van der Waals surface area (Å²) >= 11 is 1.78. The molecule has 4 saturated heterocycles. The molecule has 11 heteroatoms. The molecule has 0 radical (unpaired) electrons. The van der Waals surface area contributed by atoms with Crippen LogP contribution < -0.4 is 5.32 Å². The van der Waals surface area contributed by atoms with Crippen molar-refractivity contribution in [3.63, 3.8) is 0 Å². The second-order valence-corrected chi connectivity index (χ2v) is 13.4. The van der Waals surface area contributed by atoms with Crippen LogP contribution in [-0.4, -0.2) is 84.4 Å². The third kappa shape index (κ3) is 5.73. The van der Waals surface area contributed by atoms with Crippen LogP contribution in [0, 0.1) is 12.7 Å². The number of carbonyl (C=O) groups is 1. The maximum Gasteiger partial charge on any atom is 0.367 e. The number of carboxylic acid groups (broad SMARTS) is 1. The summed E-state index contributed by atoms with van der Waals surface area (Å²) in [6.45, 7) is 13.3. The molecule has 0 aromatic heterocycles. The Morgan fingerprint density at radius 1 is 1.02 bits per heavy atom. The number of aryl methyl sites for hydroxylation is 1. The number of rotatable bonds is 2. The third-order valence-corrected chi connectivity index (χ3v) is 9.47. The minimum absolute atomic E-state index is 0.133. The highest BCUT2D eigenvalue weighted by Gasteiger charge is 2.71. The van der Waals surface area contributed by atoms with E-state index in [1.165, 1.54) is 20.9 Å². The van der Waals surface area contributed by atoms with Gasteiger partial charge in [0.25, 0.3) is 0 Å². The van der Waals surface area contributed by atoms with E-state index in [0.717, 1.165) is 38.2 Å². The number of piperazine rings is 1. The number of halogens is 1. The summed E-state index contributed by atoms with van der Waals surface area (Å²) in [4.78, 5) is 16.6. The average Bonchev–Trinajstić information content (AvgIpc) is 3.31. The Kier molecular flexibility index (Phi) is 7.93. The number of hydrogen-bond donors (Lipinski definition) is 2. The number of nitrogens with one attached hydrogen (secondary N) is 1. The number of nitrogens with zero attached hydrogens (tertiary/aromatic N) is 1. The maximum absolute atomic E-state index is 13.9. The van der Waals surface area contributed by atoms with Gasteiger partial charge in [-0.1, -0.05) is 29.5 Å². The van der Waals surface area contributed by atoms with Crippen molar-refractivity contribution >= 4 is 17.7 Å². The quantitative estimate of drug-likeness (QED) is 0.519. The molecular formula is C31H39FN2O7S. The Morgan fingerprint density at radius 3 is 2.50 bits per heavy atom. The van der Waals surface area contributed by atoms with Gasteiger partial charge in [-0.05, 0) is 76.4 Å². The topological polar surface area (TPSA) is 98.7 Å². The highest BCUT2D eigenvalue weighted by Crippen LogP contribution is 2.49. The van der Waals surface area contributed by atoms with Gasteiger partial charge < -0.3 is 34.1 Å². The lowest BCUT2D eigenvalue weighted by Crippen LogP contribution is -2.52. The lowest BCUT2D eigenvalue weighted by atomic mass is 9.96. The highest BCUT2D eigenvalue weighted by atomic mass is 32.2. The van der Waals surface area contributed by atoms with E-state index in [-0.39, 0.29) is 18.5 Å². The van der Waals surface area contributed by atoms with Crippen molar-refractivity contribution in [2.24, 2.45) is 0 Å². The van der Waals surface area contributed by atoms with Crippen molar-refractivity contribution in [3.05, 3.63) is 58.9 Å². The summed E-state index contributed by atoms with van der Waals surface area (Å²) in [6.07, 6.45) is -0.888. The summed E-state index contributed by atoms with van der Waals surface area (Å²) < 4.78 is 41.9. The third-order valence-electron chi connectivity index (χ3n) is 8.26. The van der Waals surface area contributed by atoms with E-state index in [1.54, 1.807) is 51.6 Å². The molecule has 5 aliphatic heterocycles. The second kappa shape index (κ2) is 11.1. The summed E-state index contributed by atoms with van der Waals surface area (Å²) in [6, 6.07) is 12.2. The maximum atomic E-state index is 13.9. The normalized spacial score (nSPS) is 32.8. The van der Waals surface area contributed by atoms with Crippen LogP contribution in [0.1, 0.15) is 50.4 Å². The van der Waals surface area contributed by atoms with Crippen LogP contribution in [0.15, 0.2) is 46.2 Å². The summed E-state index contributed by atoms with van der Waals surface area (Å²) in [5.74, 6) is -4.98. The van der Waals surface area contributed by atoms with Crippen molar-refractivity contribution in [2.45, 2.75) is 92.5 Å². The van der Waals surface area contributed by atoms with Crippen LogP contribution in [0.25, 0.3) is 0 Å². The van der Waals surface area contributed by atoms with Gasteiger partial charge in [0.05, 0.1) is 6.61 Å². The molecule has 42 heavy (non-hydrogen) atoms. The number of carboxylic acids is 1. The molecule has 228 valence electrons. The van der Waals surface area contributed by atoms with Gasteiger partial charge in [0, 0.05) is 42.0 Å². The number of aliphatic carboxylic acids is 1. The predicted molar refractivity (Wildman–Crippen MR) is 153 cm³/mol. The monoisotopic (exact) mass is 602 g/mol. The number of ether oxygens (including phenoxy) is 5. The molecule has 2 aromatic rings. The van der Waals surface area contributed by atoms with E-state index >= 15 is 0 Å². The molecule has 9 nitrogen and oxygen atoms in total. The van der Waals surface area contributed by atoms with Crippen molar-refractivity contribution in [1.29, 1.82) is 0 Å². The lowest BCUT2D eigenvalue weighted by Gasteiger charge is -2.38. The Bertz CT molecular complexity index is 1350. The first-order chi connectivity index (χ1) is 19.9. The molecule has 0 spiro atoms. The fourth-order valence-corrected chi connectivity index (χ4v) is 7.51. The molecule has 5 heterocycles. The lowest BCUT2D eigenvalue weighted by molar-refractivity contribution is -0.325. The SMILES string of the molecule is CC1(C)OC[C@@H]2O[C@@]3(C(=O)O)OC(C)(C)O[C@H]3[C@@H]2O1.Cc1ccc2c(c1)C[C@H](N1CCNCC1)c1cc(F)ccc1S2. The van der Waals surface area contributed by atoms with Gasteiger partial charge in [0.15, 0.2) is 17.7 Å². The number of fused-ring (bicyclic) bond motifs is 5. The zero-order chi connectivity index (χ0) is 29.9. The van der Waals surface area contributed by atoms with E-state index < -0.39 is 41.6 Å². The van der Waals surface area contributed by atoms with E-state index in [0.29, 0.717) is 0 Å². The fraction of sp³-hybridized carbons (Fsp3) is 0.581. The van der Waals surface area contributed by atoms with E-state index in [1.807, 2.05) is 6.07 Å². The number of hydrogen-bond acceptors (Lipinski definition) is 9. The minimum atomic E-state index is -1.82. The smallest absolute Gasteiger partial charge is 0.367 e. The standard InChI is InChI=1S/C19H21FN2S.C12H18O7/c1-13-2-4-18-14(10-13)11-17(22-8-6-21-7-9-22)16-12-15(20)3-5-19(16)23-18;1-10(2)15-5-6-7(17-10)8-12(16-6,9(13)14)19-11(3,4)18-8/h2-5,10,12,17,21H,6-9,11H2,1H3;6-8H,5H2,1-4H3,(H,13,14)/t17-;6-,7+,8-,12+/m00/s1. The molecule has 5 aliphatic rings. The molecule has 0 unspecified atom stereocenters. The molecule has 0 amide bonds. The first kappa shape index (κ1) is 30.0. The molecule has 7 rings (SSSR count). The number of benzene rings is 2. The zero-order valence-corrected chi connectivity index (χ0v) is 25.5. The summed E-state index contributed by atoms with van der Waals surface area (Å²) in [5, 5.41) is 12.9. The molecule has 5 atom stereocenters. The van der Waals surface area contributed by atoms with Crippen LogP contribution in [0.5, 0.6) is 0 Å². The van der Waals surface area contributed by atoms with E-state index in [4.69, 9.17) is 23.7 Å². The first-order valence-electron chi connectivity index (χ1n) is 14.5. The van der Waals surface area contributed by atoms with Crippen LogP contribution >= 0.6 is 11.8 Å². The van der Waals surface area contributed by atoms with E-state index in [2.05, 4.69) is 35.3 Å². The average molecular weight is 603 g/mol. The molecule has 0 bridgehead atoms. The van der Waals surface area contributed by atoms with Crippen molar-refractivity contribution in [2.75, 3.05) is 32.8 Å². The van der Waals surface area contributed by atoms with Gasteiger partial charge in [-0.15, -0.1) is 0 Å². The van der Waals surface area contributed by atoms with Crippen molar-refractivity contribution in [1.82, 2.24) is 10.2 Å². The second-order valence-electron chi connectivity index (χ2n) is 12.4. The molecule has 0 saturated carbocycles. The van der Waals surface area contributed by atoms with Crippen LogP contribution in [0.3, 0.4) is 0 Å². The van der Waals surface area contributed by atoms with Crippen molar-refractivity contribution in [3.8, 4) is 0 Å². The Hall–Kier alpha value is -2.09. The fourth-order valence-electron chi connectivity index (χ4n) is 6.42.